The molecular weight excluding hydrogens is 248 g/mol. The number of anilines is 1. The molecule has 0 spiro atoms. The minimum Gasteiger partial charge on any atom is -0.397 e. The summed E-state index contributed by atoms with van der Waals surface area (Å²) < 4.78 is 0. The number of fused-ring (bicyclic) bond motifs is 1. The van der Waals surface area contributed by atoms with Crippen LogP contribution in [0.3, 0.4) is 0 Å². The highest BCUT2D eigenvalue weighted by molar-refractivity contribution is 7.23. The number of nitrogens with zero attached hydrogens (tertiary/aromatic N) is 1. The molecular formula is C13H12N2S2. The van der Waals surface area contributed by atoms with Crippen LogP contribution in [0.2, 0.25) is 0 Å². The summed E-state index contributed by atoms with van der Waals surface area (Å²) in [6, 6.07) is 4.46. The first-order valence-corrected chi connectivity index (χ1v) is 7.25. The standard InChI is InChI=1S/C13H12N2S2/c1-7-12(15)11(6-14)17-13(7)10-5-8-3-2-4-9(8)16-10/h5H,2-4,15H2,1H3. The highest BCUT2D eigenvalue weighted by atomic mass is 32.1. The maximum Gasteiger partial charge on any atom is 0.128 e. The average molecular weight is 260 g/mol. The van der Waals surface area contributed by atoms with Gasteiger partial charge in [0.2, 0.25) is 0 Å². The van der Waals surface area contributed by atoms with E-state index in [0.29, 0.717) is 10.6 Å². The Morgan fingerprint density at radius 3 is 2.82 bits per heavy atom. The summed E-state index contributed by atoms with van der Waals surface area (Å²) in [6.45, 7) is 2.01. The predicted octanol–water partition coefficient (Wildman–Crippen LogP) is 3.73. The van der Waals surface area contributed by atoms with Crippen LogP contribution < -0.4 is 5.73 Å². The molecule has 2 nitrogen and oxygen atoms in total. The monoisotopic (exact) mass is 260 g/mol. The summed E-state index contributed by atoms with van der Waals surface area (Å²) in [4.78, 5) is 4.62. The minimum atomic E-state index is 0.644. The van der Waals surface area contributed by atoms with Crippen LogP contribution in [0.5, 0.6) is 0 Å². The van der Waals surface area contributed by atoms with E-state index in [1.54, 1.807) is 0 Å². The summed E-state index contributed by atoms with van der Waals surface area (Å²) in [5.41, 5.74) is 9.15. The fourth-order valence-corrected chi connectivity index (χ4v) is 4.72. The first-order chi connectivity index (χ1) is 8.20. The molecule has 86 valence electrons. The van der Waals surface area contributed by atoms with Gasteiger partial charge >= 0.3 is 0 Å². The van der Waals surface area contributed by atoms with Crippen molar-refractivity contribution in [3.63, 3.8) is 0 Å². The number of nitrogen functional groups attached to an aromatic ring is 1. The van der Waals surface area contributed by atoms with E-state index in [1.165, 1.54) is 50.8 Å². The summed E-state index contributed by atoms with van der Waals surface area (Å²) in [5.74, 6) is 0. The third-order valence-corrected chi connectivity index (χ3v) is 5.89. The second-order valence-electron chi connectivity index (χ2n) is 4.32. The topological polar surface area (TPSA) is 49.8 Å². The fourth-order valence-electron chi connectivity index (χ4n) is 2.29. The smallest absolute Gasteiger partial charge is 0.128 e. The Hall–Kier alpha value is -1.31. The molecule has 3 rings (SSSR count). The van der Waals surface area contributed by atoms with E-state index in [1.807, 2.05) is 18.3 Å². The third kappa shape index (κ3) is 1.58. The van der Waals surface area contributed by atoms with Crippen molar-refractivity contribution < 1.29 is 0 Å². The van der Waals surface area contributed by atoms with Gasteiger partial charge in [-0.25, -0.2) is 0 Å². The molecule has 0 amide bonds. The van der Waals surface area contributed by atoms with Crippen LogP contribution in [0.1, 0.15) is 27.3 Å². The van der Waals surface area contributed by atoms with Crippen LogP contribution in [0.25, 0.3) is 9.75 Å². The molecule has 0 aliphatic heterocycles. The lowest BCUT2D eigenvalue weighted by Crippen LogP contribution is -1.86. The van der Waals surface area contributed by atoms with Crippen molar-refractivity contribution in [1.29, 1.82) is 5.26 Å². The van der Waals surface area contributed by atoms with E-state index in [2.05, 4.69) is 12.1 Å². The Morgan fingerprint density at radius 1 is 1.35 bits per heavy atom. The molecule has 2 aromatic heterocycles. The van der Waals surface area contributed by atoms with Crippen LogP contribution in [0, 0.1) is 18.3 Å². The molecule has 0 saturated carbocycles. The van der Waals surface area contributed by atoms with Gasteiger partial charge < -0.3 is 5.73 Å². The summed E-state index contributed by atoms with van der Waals surface area (Å²) in [5, 5.41) is 9.00. The highest BCUT2D eigenvalue weighted by Gasteiger charge is 2.19. The molecule has 2 N–H and O–H groups in total. The number of nitriles is 1. The first kappa shape index (κ1) is 10.8. The quantitative estimate of drug-likeness (QED) is 0.849. The highest BCUT2D eigenvalue weighted by Crippen LogP contribution is 2.43. The lowest BCUT2D eigenvalue weighted by molar-refractivity contribution is 0.915. The molecule has 0 fully saturated rings. The van der Waals surface area contributed by atoms with Crippen molar-refractivity contribution in [2.24, 2.45) is 0 Å². The maximum absolute atomic E-state index is 9.00. The maximum atomic E-state index is 9.00. The molecule has 0 saturated heterocycles. The van der Waals surface area contributed by atoms with Gasteiger partial charge in [-0.1, -0.05) is 0 Å². The van der Waals surface area contributed by atoms with Crippen molar-refractivity contribution >= 4 is 28.4 Å². The number of aryl methyl sites for hydroxylation is 2. The Labute approximate surface area is 108 Å². The zero-order valence-electron chi connectivity index (χ0n) is 9.54. The van der Waals surface area contributed by atoms with Crippen LogP contribution >= 0.6 is 22.7 Å². The van der Waals surface area contributed by atoms with Crippen LogP contribution in [0.4, 0.5) is 5.69 Å². The van der Waals surface area contributed by atoms with Crippen molar-refractivity contribution in [2.75, 3.05) is 5.73 Å². The first-order valence-electron chi connectivity index (χ1n) is 5.61. The minimum absolute atomic E-state index is 0.644. The van der Waals surface area contributed by atoms with Gasteiger partial charge in [-0.3, -0.25) is 0 Å². The van der Waals surface area contributed by atoms with Crippen molar-refractivity contribution in [3.8, 4) is 15.8 Å². The van der Waals surface area contributed by atoms with E-state index in [-0.39, 0.29) is 0 Å². The number of rotatable bonds is 1. The molecule has 17 heavy (non-hydrogen) atoms. The van der Waals surface area contributed by atoms with E-state index in [0.717, 1.165) is 5.56 Å². The van der Waals surface area contributed by atoms with E-state index in [9.17, 15) is 0 Å². The summed E-state index contributed by atoms with van der Waals surface area (Å²) in [6.07, 6.45) is 3.71. The van der Waals surface area contributed by atoms with Crippen LogP contribution in [0.15, 0.2) is 6.07 Å². The molecule has 0 atom stereocenters. The Bertz CT molecular complexity index is 607. The number of hydrogen-bond donors (Lipinski definition) is 1. The molecule has 2 aromatic rings. The van der Waals surface area contributed by atoms with Crippen molar-refractivity contribution in [2.45, 2.75) is 26.2 Å². The molecule has 0 radical (unpaired) electrons. The van der Waals surface area contributed by atoms with Gasteiger partial charge in [-0.05, 0) is 43.4 Å². The van der Waals surface area contributed by atoms with Crippen molar-refractivity contribution in [3.05, 3.63) is 26.9 Å². The molecule has 0 unspecified atom stereocenters. The largest absolute Gasteiger partial charge is 0.397 e. The van der Waals surface area contributed by atoms with E-state index in [4.69, 9.17) is 11.0 Å². The van der Waals surface area contributed by atoms with Gasteiger partial charge in [0.1, 0.15) is 10.9 Å². The molecule has 4 heteroatoms. The van der Waals surface area contributed by atoms with E-state index < -0.39 is 0 Å². The number of nitrogens with two attached hydrogens (primary N) is 1. The van der Waals surface area contributed by atoms with Gasteiger partial charge in [0, 0.05) is 9.75 Å². The summed E-state index contributed by atoms with van der Waals surface area (Å²) in [7, 11) is 0. The number of thiophene rings is 2. The van der Waals surface area contributed by atoms with Crippen molar-refractivity contribution in [1.82, 2.24) is 0 Å². The van der Waals surface area contributed by atoms with Gasteiger partial charge in [0.15, 0.2) is 0 Å². The molecule has 2 heterocycles. The van der Waals surface area contributed by atoms with Crippen LogP contribution in [-0.2, 0) is 12.8 Å². The zero-order chi connectivity index (χ0) is 12.0. The normalized spacial score (nSPS) is 13.6. The Morgan fingerprint density at radius 2 is 2.18 bits per heavy atom. The third-order valence-electron chi connectivity index (χ3n) is 3.27. The zero-order valence-corrected chi connectivity index (χ0v) is 11.2. The second kappa shape index (κ2) is 3.86. The summed E-state index contributed by atoms with van der Waals surface area (Å²) >= 11 is 3.39. The Kier molecular flexibility index (Phi) is 2.46. The van der Waals surface area contributed by atoms with Gasteiger partial charge in [-0.2, -0.15) is 5.26 Å². The lowest BCUT2D eigenvalue weighted by atomic mass is 10.2. The molecule has 0 bridgehead atoms. The SMILES string of the molecule is Cc1c(-c2cc3c(s2)CCC3)sc(C#N)c1N. The van der Waals surface area contributed by atoms with E-state index >= 15 is 0 Å². The van der Waals surface area contributed by atoms with Gasteiger partial charge in [-0.15, -0.1) is 22.7 Å². The number of hydrogen-bond acceptors (Lipinski definition) is 4. The Balaban J connectivity index is 2.12. The second-order valence-corrected chi connectivity index (χ2v) is 6.48. The fraction of sp³-hybridized carbons (Fsp3) is 0.308. The lowest BCUT2D eigenvalue weighted by Gasteiger charge is -1.95. The molecule has 0 aromatic carbocycles. The van der Waals surface area contributed by atoms with Crippen LogP contribution in [-0.4, -0.2) is 0 Å². The average Bonchev–Trinajstić information content (AvgIpc) is 2.94. The van der Waals surface area contributed by atoms with Gasteiger partial charge in [0.05, 0.1) is 10.6 Å². The predicted molar refractivity (Wildman–Crippen MR) is 73.5 cm³/mol. The van der Waals surface area contributed by atoms with Gasteiger partial charge in [0.25, 0.3) is 0 Å². The molecule has 1 aliphatic rings. The molecule has 1 aliphatic carbocycles.